The summed E-state index contributed by atoms with van der Waals surface area (Å²) in [6.07, 6.45) is 1.41. The second kappa shape index (κ2) is 7.67. The first-order valence-corrected chi connectivity index (χ1v) is 7.80. The van der Waals surface area contributed by atoms with Gasteiger partial charge in [-0.05, 0) is 55.7 Å². The third kappa shape index (κ3) is 4.15. The molecule has 0 aliphatic rings. The predicted octanol–water partition coefficient (Wildman–Crippen LogP) is 4.72. The van der Waals surface area contributed by atoms with Crippen LogP contribution in [0.25, 0.3) is 0 Å². The molecular formula is C19H18ClN3O. The van der Waals surface area contributed by atoms with Gasteiger partial charge in [-0.15, -0.1) is 0 Å². The maximum absolute atomic E-state index is 12.3. The lowest BCUT2D eigenvalue weighted by Crippen LogP contribution is -2.15. The fourth-order valence-electron chi connectivity index (χ4n) is 2.12. The molecule has 2 N–H and O–H groups in total. The number of aryl methyl sites for hydroxylation is 2. The third-order valence-corrected chi connectivity index (χ3v) is 4.02. The van der Waals surface area contributed by atoms with Crippen LogP contribution in [-0.2, 0) is 4.79 Å². The van der Waals surface area contributed by atoms with E-state index < -0.39 is 5.91 Å². The van der Waals surface area contributed by atoms with Crippen molar-refractivity contribution in [2.45, 2.75) is 20.8 Å². The second-order valence-corrected chi connectivity index (χ2v) is 5.91. The van der Waals surface area contributed by atoms with E-state index >= 15 is 0 Å². The van der Waals surface area contributed by atoms with Crippen molar-refractivity contribution in [3.05, 3.63) is 69.9 Å². The third-order valence-electron chi connectivity index (χ3n) is 3.79. The molecule has 5 heteroatoms. The molecule has 0 bridgehead atoms. The van der Waals surface area contributed by atoms with Gasteiger partial charge in [0.25, 0.3) is 5.91 Å². The Morgan fingerprint density at radius 3 is 2.58 bits per heavy atom. The van der Waals surface area contributed by atoms with Gasteiger partial charge < -0.3 is 10.6 Å². The molecule has 0 fully saturated rings. The van der Waals surface area contributed by atoms with Gasteiger partial charge in [0.2, 0.25) is 0 Å². The molecular weight excluding hydrogens is 322 g/mol. The number of carbonyl (C=O) groups is 1. The van der Waals surface area contributed by atoms with Crippen LogP contribution in [0.4, 0.5) is 11.4 Å². The largest absolute Gasteiger partial charge is 0.360 e. The van der Waals surface area contributed by atoms with E-state index in [-0.39, 0.29) is 5.57 Å². The number of hydrogen-bond acceptors (Lipinski definition) is 3. The van der Waals surface area contributed by atoms with Gasteiger partial charge in [0, 0.05) is 22.6 Å². The van der Waals surface area contributed by atoms with E-state index in [1.54, 1.807) is 12.1 Å². The Morgan fingerprint density at radius 2 is 1.88 bits per heavy atom. The first-order valence-electron chi connectivity index (χ1n) is 7.43. The quantitative estimate of drug-likeness (QED) is 0.625. The van der Waals surface area contributed by atoms with E-state index in [4.69, 9.17) is 11.6 Å². The lowest BCUT2D eigenvalue weighted by molar-refractivity contribution is -0.112. The predicted molar refractivity (Wildman–Crippen MR) is 98.1 cm³/mol. The number of rotatable bonds is 4. The number of benzene rings is 2. The van der Waals surface area contributed by atoms with Crippen molar-refractivity contribution >= 4 is 28.9 Å². The number of amides is 1. The molecule has 0 saturated carbocycles. The van der Waals surface area contributed by atoms with Gasteiger partial charge in [-0.2, -0.15) is 5.26 Å². The van der Waals surface area contributed by atoms with Crippen molar-refractivity contribution in [1.82, 2.24) is 0 Å². The molecule has 0 unspecified atom stereocenters. The van der Waals surface area contributed by atoms with Crippen LogP contribution >= 0.6 is 11.6 Å². The number of nitrogens with zero attached hydrogens (tertiary/aromatic N) is 1. The standard InChI is InChI=1S/C19H18ClN3O/c1-12-5-4-6-17(14(12)3)22-11-15(10-21)19(24)23-18-9-16(20)8-7-13(18)2/h4-9,11,22H,1-3H3,(H,23,24)/b15-11-. The summed E-state index contributed by atoms with van der Waals surface area (Å²) in [5.41, 5.74) is 4.49. The first kappa shape index (κ1) is 17.6. The molecule has 2 aromatic carbocycles. The van der Waals surface area contributed by atoms with Gasteiger partial charge in [0.05, 0.1) is 0 Å². The van der Waals surface area contributed by atoms with Gasteiger partial charge in [-0.1, -0.05) is 29.8 Å². The molecule has 0 radical (unpaired) electrons. The summed E-state index contributed by atoms with van der Waals surface area (Å²) in [6.45, 7) is 5.84. The van der Waals surface area contributed by atoms with E-state index in [0.717, 1.165) is 22.4 Å². The minimum atomic E-state index is -0.485. The summed E-state index contributed by atoms with van der Waals surface area (Å²) in [5.74, 6) is -0.485. The van der Waals surface area contributed by atoms with E-state index in [9.17, 15) is 10.1 Å². The topological polar surface area (TPSA) is 64.9 Å². The maximum Gasteiger partial charge on any atom is 0.267 e. The fourth-order valence-corrected chi connectivity index (χ4v) is 2.30. The van der Waals surface area contributed by atoms with Gasteiger partial charge >= 0.3 is 0 Å². The molecule has 0 aromatic heterocycles. The number of nitrogens with one attached hydrogen (secondary N) is 2. The summed E-state index contributed by atoms with van der Waals surface area (Å²) in [4.78, 5) is 12.3. The van der Waals surface area contributed by atoms with Crippen molar-refractivity contribution < 1.29 is 4.79 Å². The molecule has 0 aliphatic carbocycles. The zero-order valence-corrected chi connectivity index (χ0v) is 14.5. The van der Waals surface area contributed by atoms with Crippen LogP contribution in [0.15, 0.2) is 48.2 Å². The van der Waals surface area contributed by atoms with Crippen LogP contribution in [0.1, 0.15) is 16.7 Å². The monoisotopic (exact) mass is 339 g/mol. The van der Waals surface area contributed by atoms with Crippen LogP contribution in [0.3, 0.4) is 0 Å². The summed E-state index contributed by atoms with van der Waals surface area (Å²) in [6, 6.07) is 12.9. The van der Waals surface area contributed by atoms with E-state index in [0.29, 0.717) is 10.7 Å². The Kier molecular flexibility index (Phi) is 5.62. The summed E-state index contributed by atoms with van der Waals surface area (Å²) < 4.78 is 0. The highest BCUT2D eigenvalue weighted by Crippen LogP contribution is 2.21. The highest BCUT2D eigenvalue weighted by atomic mass is 35.5. The number of anilines is 2. The van der Waals surface area contributed by atoms with Crippen LogP contribution in [-0.4, -0.2) is 5.91 Å². The zero-order chi connectivity index (χ0) is 17.7. The average Bonchev–Trinajstić information content (AvgIpc) is 2.55. The Morgan fingerprint density at radius 1 is 1.12 bits per heavy atom. The van der Waals surface area contributed by atoms with Crippen molar-refractivity contribution in [2.75, 3.05) is 10.6 Å². The van der Waals surface area contributed by atoms with Crippen LogP contribution in [0, 0.1) is 32.1 Å². The Labute approximate surface area is 146 Å². The average molecular weight is 340 g/mol. The molecule has 24 heavy (non-hydrogen) atoms. The van der Waals surface area contributed by atoms with Gasteiger partial charge in [-0.25, -0.2) is 0 Å². The highest BCUT2D eigenvalue weighted by molar-refractivity contribution is 6.31. The van der Waals surface area contributed by atoms with Gasteiger partial charge in [0.1, 0.15) is 11.6 Å². The van der Waals surface area contributed by atoms with E-state index in [1.807, 2.05) is 51.1 Å². The fraction of sp³-hybridized carbons (Fsp3) is 0.158. The van der Waals surface area contributed by atoms with Crippen LogP contribution in [0.5, 0.6) is 0 Å². The summed E-state index contributed by atoms with van der Waals surface area (Å²) in [7, 11) is 0. The maximum atomic E-state index is 12.3. The molecule has 0 heterocycles. The van der Waals surface area contributed by atoms with Gasteiger partial charge in [0.15, 0.2) is 0 Å². The Balaban J connectivity index is 2.18. The van der Waals surface area contributed by atoms with Crippen molar-refractivity contribution in [3.63, 3.8) is 0 Å². The first-order chi connectivity index (χ1) is 11.4. The molecule has 0 atom stereocenters. The Bertz CT molecular complexity index is 850. The molecule has 2 aromatic rings. The molecule has 0 aliphatic heterocycles. The molecule has 1 amide bonds. The summed E-state index contributed by atoms with van der Waals surface area (Å²) >= 11 is 5.94. The second-order valence-electron chi connectivity index (χ2n) is 5.47. The molecule has 0 saturated heterocycles. The van der Waals surface area contributed by atoms with Crippen molar-refractivity contribution in [2.24, 2.45) is 0 Å². The molecule has 2 rings (SSSR count). The minimum Gasteiger partial charge on any atom is -0.360 e. The summed E-state index contributed by atoms with van der Waals surface area (Å²) in [5, 5.41) is 15.5. The van der Waals surface area contributed by atoms with Gasteiger partial charge in [-0.3, -0.25) is 4.79 Å². The lowest BCUT2D eigenvalue weighted by Gasteiger charge is -2.10. The number of hydrogen-bond donors (Lipinski definition) is 2. The van der Waals surface area contributed by atoms with E-state index in [2.05, 4.69) is 10.6 Å². The van der Waals surface area contributed by atoms with E-state index in [1.165, 1.54) is 6.20 Å². The van der Waals surface area contributed by atoms with Crippen molar-refractivity contribution in [3.8, 4) is 6.07 Å². The minimum absolute atomic E-state index is 0.0183. The smallest absolute Gasteiger partial charge is 0.267 e. The number of carbonyl (C=O) groups excluding carboxylic acids is 1. The van der Waals surface area contributed by atoms with Crippen LogP contribution in [0.2, 0.25) is 5.02 Å². The highest BCUT2D eigenvalue weighted by Gasteiger charge is 2.11. The normalized spacial score (nSPS) is 10.9. The molecule has 4 nitrogen and oxygen atoms in total. The number of nitriles is 1. The van der Waals surface area contributed by atoms with Crippen molar-refractivity contribution in [1.29, 1.82) is 5.26 Å². The lowest BCUT2D eigenvalue weighted by atomic mass is 10.1. The molecule has 0 spiro atoms. The Hall–Kier alpha value is -2.77. The SMILES string of the molecule is Cc1ccc(Cl)cc1NC(=O)/C(C#N)=C\Nc1cccc(C)c1C. The zero-order valence-electron chi connectivity index (χ0n) is 13.8. The number of halogens is 1. The van der Waals surface area contributed by atoms with Crippen LogP contribution < -0.4 is 10.6 Å². The molecule has 122 valence electrons.